The summed E-state index contributed by atoms with van der Waals surface area (Å²) in [6, 6.07) is 1.58. The lowest BCUT2D eigenvalue weighted by atomic mass is 9.82. The van der Waals surface area contributed by atoms with Crippen LogP contribution in [-0.2, 0) is 0 Å². The van der Waals surface area contributed by atoms with Gasteiger partial charge in [-0.25, -0.2) is 0 Å². The summed E-state index contributed by atoms with van der Waals surface area (Å²) in [6.45, 7) is 31.0. The number of rotatable bonds is 0. The first kappa shape index (κ1) is 28.9. The Morgan fingerprint density at radius 3 is 1.45 bits per heavy atom. The maximum absolute atomic E-state index is 2.74. The molecule has 4 atom stereocenters. The van der Waals surface area contributed by atoms with Gasteiger partial charge in [-0.05, 0) is 90.0 Å². The molecule has 2 nitrogen and oxygen atoms in total. The Morgan fingerprint density at radius 1 is 0.655 bits per heavy atom. The fraction of sp³-hybridized carbons (Fsp3) is 1.00. The molecule has 3 rings (SSSR count). The number of hydrogen-bond donors (Lipinski definition) is 0. The molecule has 3 fully saturated rings. The van der Waals surface area contributed by atoms with E-state index in [1.54, 1.807) is 0 Å². The van der Waals surface area contributed by atoms with E-state index in [-0.39, 0.29) is 14.9 Å². The summed E-state index contributed by atoms with van der Waals surface area (Å²) in [5.41, 5.74) is 1.58. The molecule has 0 aromatic heterocycles. The maximum atomic E-state index is 2.74. The molecule has 1 saturated carbocycles. The second-order valence-corrected chi connectivity index (χ2v) is 13.7. The predicted octanol–water partition coefficient (Wildman–Crippen LogP) is 7.72. The van der Waals surface area contributed by atoms with E-state index >= 15 is 0 Å². The highest BCUT2D eigenvalue weighted by atomic mass is 15.3. The molecular weight excluding hydrogens is 352 g/mol. The molecular formula is C27H58N2. The monoisotopic (exact) mass is 410 g/mol. The van der Waals surface area contributed by atoms with E-state index in [0.717, 1.165) is 23.9 Å². The first-order valence-electron chi connectivity index (χ1n) is 11.5. The number of piperidine rings is 1. The molecule has 2 heterocycles. The standard InChI is InChI=1S/C13H25N.C12H25N.2CH4/c1-12(2,3)11-10-7-9(10)8-14(11)13(4,5)6;1-11(2,3)10-8-7-9-13(10)12(4,5)6;;/h9-11H,7-8H2,1-6H3;10H,7-9H2,1-6H3;2*1H4. The van der Waals surface area contributed by atoms with Gasteiger partial charge in [-0.15, -0.1) is 0 Å². The van der Waals surface area contributed by atoms with Crippen LogP contribution < -0.4 is 0 Å². The zero-order chi connectivity index (χ0) is 21.0. The van der Waals surface area contributed by atoms with Crippen molar-refractivity contribution in [1.82, 2.24) is 9.80 Å². The summed E-state index contributed by atoms with van der Waals surface area (Å²) in [4.78, 5) is 5.42. The quantitative estimate of drug-likeness (QED) is 0.403. The molecule has 29 heavy (non-hydrogen) atoms. The summed E-state index contributed by atoms with van der Waals surface area (Å²) in [5, 5.41) is 0. The first-order valence-corrected chi connectivity index (χ1v) is 11.5. The fourth-order valence-electron chi connectivity index (χ4n) is 5.74. The Kier molecular flexibility index (Phi) is 9.17. The van der Waals surface area contributed by atoms with Crippen LogP contribution in [0.25, 0.3) is 0 Å². The van der Waals surface area contributed by atoms with Crippen molar-refractivity contribution < 1.29 is 0 Å². The number of likely N-dealkylation sites (tertiary alicyclic amines) is 2. The Hall–Kier alpha value is -0.0800. The van der Waals surface area contributed by atoms with Crippen molar-refractivity contribution in [1.29, 1.82) is 0 Å². The van der Waals surface area contributed by atoms with Crippen LogP contribution in [0.4, 0.5) is 0 Å². The molecule has 176 valence electrons. The SMILES string of the molecule is C.C.CC(C)(C)C1C2CC2CN1C(C)(C)C.CC(C)(C)C1CCCN1C(C)(C)C. The fourth-order valence-corrected chi connectivity index (χ4v) is 5.74. The van der Waals surface area contributed by atoms with Crippen LogP contribution in [0.2, 0.25) is 0 Å². The van der Waals surface area contributed by atoms with Gasteiger partial charge in [-0.3, -0.25) is 9.80 Å². The van der Waals surface area contributed by atoms with Gasteiger partial charge in [-0.1, -0.05) is 56.4 Å². The van der Waals surface area contributed by atoms with E-state index < -0.39 is 0 Å². The van der Waals surface area contributed by atoms with Crippen molar-refractivity contribution >= 4 is 0 Å². The molecule has 2 aliphatic heterocycles. The van der Waals surface area contributed by atoms with E-state index in [1.807, 2.05) is 0 Å². The van der Waals surface area contributed by atoms with E-state index in [2.05, 4.69) is 92.9 Å². The average Bonchev–Trinajstić information content (AvgIpc) is 2.88. The summed E-state index contributed by atoms with van der Waals surface area (Å²) in [7, 11) is 0. The molecule has 2 saturated heterocycles. The van der Waals surface area contributed by atoms with E-state index in [9.17, 15) is 0 Å². The van der Waals surface area contributed by atoms with Gasteiger partial charge in [0.05, 0.1) is 0 Å². The van der Waals surface area contributed by atoms with Crippen LogP contribution in [0.1, 0.15) is 117 Å². The third-order valence-corrected chi connectivity index (χ3v) is 7.01. The molecule has 0 aromatic carbocycles. The van der Waals surface area contributed by atoms with Crippen molar-refractivity contribution in [3.8, 4) is 0 Å². The topological polar surface area (TPSA) is 6.48 Å². The highest BCUT2D eigenvalue weighted by molar-refractivity contribution is 5.10. The Balaban J connectivity index is 0.000000507. The second-order valence-electron chi connectivity index (χ2n) is 13.7. The van der Waals surface area contributed by atoms with Gasteiger partial charge in [0.1, 0.15) is 0 Å². The lowest BCUT2D eigenvalue weighted by Crippen LogP contribution is -2.51. The van der Waals surface area contributed by atoms with Crippen molar-refractivity contribution in [3.63, 3.8) is 0 Å². The highest BCUT2D eigenvalue weighted by Crippen LogP contribution is 2.56. The maximum Gasteiger partial charge on any atom is 0.0180 e. The third-order valence-electron chi connectivity index (χ3n) is 7.01. The Morgan fingerprint density at radius 2 is 1.14 bits per heavy atom. The van der Waals surface area contributed by atoms with Crippen LogP contribution in [0.3, 0.4) is 0 Å². The van der Waals surface area contributed by atoms with Crippen LogP contribution in [0.5, 0.6) is 0 Å². The van der Waals surface area contributed by atoms with E-state index in [0.29, 0.717) is 21.9 Å². The Bertz CT molecular complexity index is 475. The summed E-state index contributed by atoms with van der Waals surface area (Å²) >= 11 is 0. The van der Waals surface area contributed by atoms with Crippen molar-refractivity contribution in [3.05, 3.63) is 0 Å². The van der Waals surface area contributed by atoms with E-state index in [1.165, 1.54) is 32.4 Å². The minimum Gasteiger partial charge on any atom is -0.295 e. The normalized spacial score (nSPS) is 30.6. The summed E-state index contributed by atoms with van der Waals surface area (Å²) in [6.07, 6.45) is 4.24. The van der Waals surface area contributed by atoms with Gasteiger partial charge < -0.3 is 0 Å². The molecule has 0 radical (unpaired) electrons. The van der Waals surface area contributed by atoms with Gasteiger partial charge in [0.2, 0.25) is 0 Å². The number of nitrogens with zero attached hydrogens (tertiary/aromatic N) is 2. The Labute approximate surface area is 186 Å². The molecule has 0 spiro atoms. The van der Waals surface area contributed by atoms with Crippen molar-refractivity contribution in [2.75, 3.05) is 13.1 Å². The van der Waals surface area contributed by atoms with E-state index in [4.69, 9.17) is 0 Å². The second kappa shape index (κ2) is 9.19. The van der Waals surface area contributed by atoms with Crippen LogP contribution >= 0.6 is 0 Å². The van der Waals surface area contributed by atoms with Gasteiger partial charge in [0.15, 0.2) is 0 Å². The lowest BCUT2D eigenvalue weighted by Gasteiger charge is -2.45. The summed E-state index contributed by atoms with van der Waals surface area (Å²) in [5.74, 6) is 2.03. The first-order chi connectivity index (χ1) is 11.9. The smallest absolute Gasteiger partial charge is 0.0180 e. The molecule has 0 aromatic rings. The summed E-state index contributed by atoms with van der Waals surface area (Å²) < 4.78 is 0. The van der Waals surface area contributed by atoms with Gasteiger partial charge >= 0.3 is 0 Å². The van der Waals surface area contributed by atoms with Crippen LogP contribution in [0.15, 0.2) is 0 Å². The van der Waals surface area contributed by atoms with Crippen molar-refractivity contribution in [2.24, 2.45) is 22.7 Å². The highest BCUT2D eigenvalue weighted by Gasteiger charge is 2.57. The molecule has 0 amide bonds. The zero-order valence-electron chi connectivity index (χ0n) is 20.7. The third kappa shape index (κ3) is 6.96. The predicted molar refractivity (Wildman–Crippen MR) is 134 cm³/mol. The van der Waals surface area contributed by atoms with Gasteiger partial charge in [-0.2, -0.15) is 0 Å². The zero-order valence-corrected chi connectivity index (χ0v) is 20.7. The molecule has 0 N–H and O–H groups in total. The number of fused-ring (bicyclic) bond motifs is 1. The average molecular weight is 411 g/mol. The van der Waals surface area contributed by atoms with Gasteiger partial charge in [0.25, 0.3) is 0 Å². The van der Waals surface area contributed by atoms with Crippen LogP contribution in [-0.4, -0.2) is 46.1 Å². The molecule has 4 unspecified atom stereocenters. The van der Waals surface area contributed by atoms with Gasteiger partial charge in [0, 0.05) is 29.7 Å². The lowest BCUT2D eigenvalue weighted by molar-refractivity contribution is 0.0375. The molecule has 1 aliphatic carbocycles. The van der Waals surface area contributed by atoms with Crippen molar-refractivity contribution in [2.45, 2.75) is 140 Å². The number of hydrogen-bond acceptors (Lipinski definition) is 2. The molecule has 3 aliphatic rings. The molecule has 2 heteroatoms. The largest absolute Gasteiger partial charge is 0.295 e. The molecule has 0 bridgehead atoms. The minimum absolute atomic E-state index is 0. The van der Waals surface area contributed by atoms with Crippen LogP contribution in [0, 0.1) is 22.7 Å². The minimum atomic E-state index is 0.